The normalized spacial score (nSPS) is 11.8. The number of imidazole rings is 2. The molecule has 0 saturated carbocycles. The molecule has 8 nitrogen and oxygen atoms in total. The van der Waals surface area contributed by atoms with E-state index in [9.17, 15) is 4.79 Å². The van der Waals surface area contributed by atoms with Gasteiger partial charge in [0.2, 0.25) is 5.78 Å². The standard InChI is InChI=1S/C19H19N7OS/c1-3-7-26-18(27)15-17(25-8-6-20-19(25)26)23-16(22-15)13-9-21-24(10-13)11-14-5-4-12(2)28-14/h4-6,8-10H,3,7,11H2,1-2H3,(H,22,23). The number of nitrogens with one attached hydrogen (secondary N) is 1. The van der Waals surface area contributed by atoms with Gasteiger partial charge >= 0.3 is 0 Å². The lowest BCUT2D eigenvalue weighted by Gasteiger charge is -2.05. The van der Waals surface area contributed by atoms with Crippen molar-refractivity contribution in [2.24, 2.45) is 0 Å². The number of H-pyrrole nitrogens is 1. The highest BCUT2D eigenvalue weighted by Crippen LogP contribution is 2.21. The van der Waals surface area contributed by atoms with Gasteiger partial charge in [0.15, 0.2) is 11.2 Å². The van der Waals surface area contributed by atoms with Crippen molar-refractivity contribution in [3.63, 3.8) is 0 Å². The molecular weight excluding hydrogens is 374 g/mol. The van der Waals surface area contributed by atoms with E-state index >= 15 is 0 Å². The number of aromatic nitrogens is 7. The molecule has 0 aliphatic carbocycles. The second-order valence-electron chi connectivity index (χ2n) is 6.78. The van der Waals surface area contributed by atoms with Gasteiger partial charge in [-0.1, -0.05) is 6.92 Å². The van der Waals surface area contributed by atoms with E-state index in [0.717, 1.165) is 12.0 Å². The van der Waals surface area contributed by atoms with Crippen molar-refractivity contribution in [2.45, 2.75) is 33.4 Å². The fourth-order valence-corrected chi connectivity index (χ4v) is 4.32. The van der Waals surface area contributed by atoms with Crippen molar-refractivity contribution < 1.29 is 0 Å². The number of hydrogen-bond acceptors (Lipinski definition) is 5. The van der Waals surface area contributed by atoms with E-state index in [1.807, 2.05) is 28.4 Å². The molecule has 5 aromatic rings. The molecule has 0 atom stereocenters. The zero-order valence-electron chi connectivity index (χ0n) is 15.6. The lowest BCUT2D eigenvalue weighted by Crippen LogP contribution is -2.23. The summed E-state index contributed by atoms with van der Waals surface area (Å²) >= 11 is 1.76. The Kier molecular flexibility index (Phi) is 3.90. The number of nitrogens with zero attached hydrogens (tertiary/aromatic N) is 6. The van der Waals surface area contributed by atoms with Crippen molar-refractivity contribution in [3.8, 4) is 11.4 Å². The van der Waals surface area contributed by atoms with Gasteiger partial charge in [-0.2, -0.15) is 5.10 Å². The number of aryl methyl sites for hydroxylation is 2. The molecule has 9 heteroatoms. The Morgan fingerprint density at radius 1 is 1.29 bits per heavy atom. The Balaban J connectivity index is 1.59. The summed E-state index contributed by atoms with van der Waals surface area (Å²) in [6, 6.07) is 4.23. The number of rotatable bonds is 5. The molecule has 1 N–H and O–H groups in total. The molecule has 0 aromatic carbocycles. The van der Waals surface area contributed by atoms with Gasteiger partial charge in [-0.25, -0.2) is 9.97 Å². The van der Waals surface area contributed by atoms with Gasteiger partial charge in [-0.3, -0.25) is 18.4 Å². The first-order chi connectivity index (χ1) is 13.6. The van der Waals surface area contributed by atoms with E-state index in [-0.39, 0.29) is 5.56 Å². The van der Waals surface area contributed by atoms with E-state index in [0.29, 0.717) is 35.9 Å². The highest BCUT2D eigenvalue weighted by atomic mass is 32.1. The molecule has 0 unspecified atom stereocenters. The summed E-state index contributed by atoms with van der Waals surface area (Å²) in [5, 5.41) is 4.45. The summed E-state index contributed by atoms with van der Waals surface area (Å²) in [6.45, 7) is 5.47. The molecule has 0 aliphatic rings. The van der Waals surface area contributed by atoms with Crippen LogP contribution in [-0.4, -0.2) is 33.7 Å². The van der Waals surface area contributed by atoms with E-state index in [1.165, 1.54) is 9.75 Å². The molecule has 5 aromatic heterocycles. The Morgan fingerprint density at radius 3 is 2.96 bits per heavy atom. The summed E-state index contributed by atoms with van der Waals surface area (Å²) in [6.07, 6.45) is 8.09. The average Bonchev–Trinajstić information content (AvgIpc) is 3.44. The molecule has 0 bridgehead atoms. The Morgan fingerprint density at radius 2 is 2.18 bits per heavy atom. The van der Waals surface area contributed by atoms with Gasteiger partial charge in [0.25, 0.3) is 5.56 Å². The molecule has 0 aliphatic heterocycles. The molecule has 0 amide bonds. The SMILES string of the molecule is CCCn1c(=O)c2[nH]c(-c3cnn(Cc4ccc(C)s4)c3)nc2n2ccnc12. The first-order valence-corrected chi connectivity index (χ1v) is 9.99. The predicted octanol–water partition coefficient (Wildman–Crippen LogP) is 3.06. The number of aromatic amines is 1. The van der Waals surface area contributed by atoms with Gasteiger partial charge < -0.3 is 4.98 Å². The quantitative estimate of drug-likeness (QED) is 0.497. The second-order valence-corrected chi connectivity index (χ2v) is 8.15. The molecule has 0 radical (unpaired) electrons. The number of hydrogen-bond donors (Lipinski definition) is 1. The van der Waals surface area contributed by atoms with Gasteiger partial charge in [-0.15, -0.1) is 11.3 Å². The molecule has 5 heterocycles. The molecular formula is C19H19N7OS. The maximum Gasteiger partial charge on any atom is 0.280 e. The molecule has 5 rings (SSSR count). The fraction of sp³-hybridized carbons (Fsp3) is 0.263. The predicted molar refractivity (Wildman–Crippen MR) is 109 cm³/mol. The average molecular weight is 393 g/mol. The highest BCUT2D eigenvalue weighted by Gasteiger charge is 2.17. The third kappa shape index (κ3) is 2.66. The van der Waals surface area contributed by atoms with Crippen molar-refractivity contribution >= 4 is 28.3 Å². The van der Waals surface area contributed by atoms with Crippen LogP contribution in [0.4, 0.5) is 0 Å². The zero-order valence-corrected chi connectivity index (χ0v) is 16.4. The molecule has 142 valence electrons. The van der Waals surface area contributed by atoms with E-state index in [2.05, 4.69) is 39.1 Å². The lowest BCUT2D eigenvalue weighted by molar-refractivity contribution is 0.663. The van der Waals surface area contributed by atoms with E-state index in [4.69, 9.17) is 0 Å². The monoisotopic (exact) mass is 393 g/mol. The van der Waals surface area contributed by atoms with Crippen LogP contribution in [0.15, 0.2) is 41.7 Å². The number of thiophene rings is 1. The van der Waals surface area contributed by atoms with Crippen LogP contribution in [-0.2, 0) is 13.1 Å². The summed E-state index contributed by atoms with van der Waals surface area (Å²) in [7, 11) is 0. The molecule has 0 fully saturated rings. The van der Waals surface area contributed by atoms with Crippen LogP contribution in [0.3, 0.4) is 0 Å². The minimum absolute atomic E-state index is 0.101. The van der Waals surface area contributed by atoms with Crippen molar-refractivity contribution in [1.82, 2.24) is 33.7 Å². The minimum Gasteiger partial charge on any atom is -0.332 e. The molecule has 0 saturated heterocycles. The first kappa shape index (κ1) is 16.9. The fourth-order valence-electron chi connectivity index (χ4n) is 3.44. The van der Waals surface area contributed by atoms with Crippen LogP contribution >= 0.6 is 11.3 Å². The third-order valence-electron chi connectivity index (χ3n) is 4.70. The van der Waals surface area contributed by atoms with Gasteiger partial charge in [0.1, 0.15) is 5.82 Å². The summed E-state index contributed by atoms with van der Waals surface area (Å²) in [4.78, 5) is 27.7. The van der Waals surface area contributed by atoms with Crippen LogP contribution < -0.4 is 5.56 Å². The smallest absolute Gasteiger partial charge is 0.280 e. The van der Waals surface area contributed by atoms with Crippen molar-refractivity contribution in [2.75, 3.05) is 0 Å². The van der Waals surface area contributed by atoms with E-state index in [1.54, 1.807) is 28.3 Å². The van der Waals surface area contributed by atoms with Crippen LogP contribution in [0, 0.1) is 6.92 Å². The summed E-state index contributed by atoms with van der Waals surface area (Å²) in [5.74, 6) is 1.24. The maximum absolute atomic E-state index is 12.9. The van der Waals surface area contributed by atoms with Gasteiger partial charge in [0.05, 0.1) is 18.3 Å². The Hall–Kier alpha value is -3.20. The molecule has 0 spiro atoms. The zero-order chi connectivity index (χ0) is 19.3. The topological polar surface area (TPSA) is 85.8 Å². The van der Waals surface area contributed by atoms with Gasteiger partial charge in [0, 0.05) is 34.9 Å². The van der Waals surface area contributed by atoms with Crippen LogP contribution in [0.1, 0.15) is 23.1 Å². The third-order valence-corrected chi connectivity index (χ3v) is 5.69. The van der Waals surface area contributed by atoms with Crippen LogP contribution in [0.25, 0.3) is 28.3 Å². The molecule has 28 heavy (non-hydrogen) atoms. The van der Waals surface area contributed by atoms with Crippen LogP contribution in [0.2, 0.25) is 0 Å². The Bertz CT molecular complexity index is 1350. The summed E-state index contributed by atoms with van der Waals surface area (Å²) < 4.78 is 5.42. The van der Waals surface area contributed by atoms with E-state index < -0.39 is 0 Å². The van der Waals surface area contributed by atoms with Crippen molar-refractivity contribution in [3.05, 3.63) is 57.0 Å². The largest absolute Gasteiger partial charge is 0.332 e. The first-order valence-electron chi connectivity index (χ1n) is 9.17. The van der Waals surface area contributed by atoms with Gasteiger partial charge in [-0.05, 0) is 25.5 Å². The van der Waals surface area contributed by atoms with Crippen molar-refractivity contribution in [1.29, 1.82) is 0 Å². The minimum atomic E-state index is -0.101. The number of fused-ring (bicyclic) bond motifs is 3. The van der Waals surface area contributed by atoms with Crippen LogP contribution in [0.5, 0.6) is 0 Å². The highest BCUT2D eigenvalue weighted by molar-refractivity contribution is 7.11. The second kappa shape index (κ2) is 6.45. The summed E-state index contributed by atoms with van der Waals surface area (Å²) in [5.41, 5.74) is 1.81. The Labute approximate surface area is 164 Å². The maximum atomic E-state index is 12.9. The lowest BCUT2D eigenvalue weighted by atomic mass is 10.3.